The second-order valence-electron chi connectivity index (χ2n) is 5.58. The summed E-state index contributed by atoms with van der Waals surface area (Å²) in [5.41, 5.74) is 2.02. The lowest BCUT2D eigenvalue weighted by molar-refractivity contribution is 0.359. The van der Waals surface area contributed by atoms with Gasteiger partial charge in [0.15, 0.2) is 10.9 Å². The SMILES string of the molecule is C=CCOc1ccccc1CN=C(NCC)NCc1cn2ccsc2n1. The lowest BCUT2D eigenvalue weighted by atomic mass is 10.2. The molecule has 3 aromatic rings. The molecular weight excluding hydrogens is 346 g/mol. The van der Waals surface area contributed by atoms with Crippen LogP contribution in [0.25, 0.3) is 4.96 Å². The minimum atomic E-state index is 0.483. The number of rotatable bonds is 8. The standard InChI is InChI=1S/C19H23N5OS/c1-3-10-25-17-8-6-5-7-15(17)12-21-18(20-4-2)22-13-16-14-24-9-11-26-19(24)23-16/h3,5-9,11,14H,1,4,10,12-13H2,2H3,(H2,20,21,22). The molecule has 0 fully saturated rings. The lowest BCUT2D eigenvalue weighted by Crippen LogP contribution is -2.36. The molecule has 2 N–H and O–H groups in total. The zero-order valence-corrected chi connectivity index (χ0v) is 15.6. The number of nitrogens with zero attached hydrogens (tertiary/aromatic N) is 3. The first kappa shape index (κ1) is 18.0. The van der Waals surface area contributed by atoms with Gasteiger partial charge in [-0.05, 0) is 13.0 Å². The first-order chi connectivity index (χ1) is 12.8. The van der Waals surface area contributed by atoms with Crippen molar-refractivity contribution in [1.29, 1.82) is 0 Å². The van der Waals surface area contributed by atoms with Crippen LogP contribution in [0.5, 0.6) is 5.75 Å². The summed E-state index contributed by atoms with van der Waals surface area (Å²) < 4.78 is 7.72. The van der Waals surface area contributed by atoms with E-state index in [2.05, 4.69) is 27.2 Å². The average Bonchev–Trinajstić information content (AvgIpc) is 3.24. The maximum Gasteiger partial charge on any atom is 0.193 e. The Labute approximate surface area is 157 Å². The summed E-state index contributed by atoms with van der Waals surface area (Å²) in [7, 11) is 0. The average molecular weight is 369 g/mol. The van der Waals surface area contributed by atoms with Crippen molar-refractivity contribution in [3.8, 4) is 5.75 Å². The summed E-state index contributed by atoms with van der Waals surface area (Å²) in [4.78, 5) is 10.2. The predicted molar refractivity (Wildman–Crippen MR) is 107 cm³/mol. The van der Waals surface area contributed by atoms with Crippen LogP contribution in [0.3, 0.4) is 0 Å². The van der Waals surface area contributed by atoms with Gasteiger partial charge in [-0.3, -0.25) is 4.40 Å². The van der Waals surface area contributed by atoms with Gasteiger partial charge in [-0.25, -0.2) is 9.98 Å². The number of benzene rings is 1. The maximum absolute atomic E-state index is 5.69. The van der Waals surface area contributed by atoms with E-state index in [-0.39, 0.29) is 0 Å². The summed E-state index contributed by atoms with van der Waals surface area (Å²) >= 11 is 1.63. The number of hydrogen-bond donors (Lipinski definition) is 2. The van der Waals surface area contributed by atoms with E-state index < -0.39 is 0 Å². The molecule has 2 aromatic heterocycles. The highest BCUT2D eigenvalue weighted by molar-refractivity contribution is 7.15. The Hall–Kier alpha value is -2.80. The molecule has 0 radical (unpaired) electrons. The Kier molecular flexibility index (Phi) is 6.27. The second-order valence-corrected chi connectivity index (χ2v) is 6.45. The fourth-order valence-electron chi connectivity index (χ4n) is 2.47. The van der Waals surface area contributed by atoms with Crippen LogP contribution in [0, 0.1) is 0 Å². The molecule has 0 bridgehead atoms. The highest BCUT2D eigenvalue weighted by Gasteiger charge is 2.05. The van der Waals surface area contributed by atoms with Gasteiger partial charge >= 0.3 is 0 Å². The fourth-order valence-corrected chi connectivity index (χ4v) is 3.18. The van der Waals surface area contributed by atoms with Crippen LogP contribution in [0.2, 0.25) is 0 Å². The van der Waals surface area contributed by atoms with Gasteiger partial charge in [0.1, 0.15) is 12.4 Å². The lowest BCUT2D eigenvalue weighted by Gasteiger charge is -2.12. The summed E-state index contributed by atoms with van der Waals surface area (Å²) in [5.74, 6) is 1.59. The van der Waals surface area contributed by atoms with E-state index in [0.29, 0.717) is 19.7 Å². The van der Waals surface area contributed by atoms with E-state index >= 15 is 0 Å². The highest BCUT2D eigenvalue weighted by Crippen LogP contribution is 2.18. The van der Waals surface area contributed by atoms with E-state index in [1.807, 2.05) is 53.4 Å². The third-order valence-corrected chi connectivity index (χ3v) is 4.43. The van der Waals surface area contributed by atoms with Crippen molar-refractivity contribution in [2.24, 2.45) is 4.99 Å². The van der Waals surface area contributed by atoms with Gasteiger partial charge in [0.25, 0.3) is 0 Å². The van der Waals surface area contributed by atoms with Crippen molar-refractivity contribution in [2.45, 2.75) is 20.0 Å². The Morgan fingerprint density at radius 3 is 3.08 bits per heavy atom. The van der Waals surface area contributed by atoms with Crippen LogP contribution in [0.15, 0.2) is 59.7 Å². The molecule has 136 valence electrons. The number of aromatic nitrogens is 2. The zero-order valence-electron chi connectivity index (χ0n) is 14.8. The molecule has 0 saturated carbocycles. The van der Waals surface area contributed by atoms with E-state index in [9.17, 15) is 0 Å². The number of fused-ring (bicyclic) bond motifs is 1. The third-order valence-electron chi connectivity index (χ3n) is 3.66. The molecule has 3 rings (SSSR count). The van der Waals surface area contributed by atoms with Gasteiger partial charge in [-0.1, -0.05) is 30.9 Å². The van der Waals surface area contributed by atoms with E-state index in [4.69, 9.17) is 4.74 Å². The largest absolute Gasteiger partial charge is 0.489 e. The molecule has 26 heavy (non-hydrogen) atoms. The predicted octanol–water partition coefficient (Wildman–Crippen LogP) is 3.22. The first-order valence-electron chi connectivity index (χ1n) is 8.55. The molecule has 0 aliphatic rings. The smallest absolute Gasteiger partial charge is 0.193 e. The van der Waals surface area contributed by atoms with Crippen molar-refractivity contribution < 1.29 is 4.74 Å². The van der Waals surface area contributed by atoms with Crippen molar-refractivity contribution in [3.05, 3.63) is 66.0 Å². The first-order valence-corrected chi connectivity index (χ1v) is 9.43. The summed E-state index contributed by atoms with van der Waals surface area (Å²) in [5, 5.41) is 8.62. The van der Waals surface area contributed by atoms with E-state index in [0.717, 1.165) is 34.5 Å². The molecule has 6 nitrogen and oxygen atoms in total. The molecule has 0 unspecified atom stereocenters. The number of guanidine groups is 1. The monoisotopic (exact) mass is 369 g/mol. The Morgan fingerprint density at radius 1 is 1.38 bits per heavy atom. The number of nitrogens with one attached hydrogen (secondary N) is 2. The molecule has 7 heteroatoms. The Balaban J connectivity index is 1.65. The molecule has 0 amide bonds. The van der Waals surface area contributed by atoms with Gasteiger partial charge in [0, 0.05) is 29.9 Å². The molecule has 1 aromatic carbocycles. The molecule has 0 aliphatic heterocycles. The molecule has 0 aliphatic carbocycles. The van der Waals surface area contributed by atoms with Crippen molar-refractivity contribution in [2.75, 3.05) is 13.2 Å². The van der Waals surface area contributed by atoms with E-state index in [1.54, 1.807) is 17.4 Å². The van der Waals surface area contributed by atoms with Crippen LogP contribution >= 0.6 is 11.3 Å². The number of para-hydroxylation sites is 1. The molecular formula is C19H23N5OS. The minimum absolute atomic E-state index is 0.483. The summed E-state index contributed by atoms with van der Waals surface area (Å²) in [6.45, 7) is 8.16. The van der Waals surface area contributed by atoms with E-state index in [1.165, 1.54) is 0 Å². The summed E-state index contributed by atoms with van der Waals surface area (Å²) in [6.07, 6.45) is 5.78. The molecule has 0 atom stereocenters. The Bertz CT molecular complexity index is 854. The number of ether oxygens (including phenoxy) is 1. The molecule has 0 spiro atoms. The third kappa shape index (κ3) is 4.64. The number of thiazole rings is 1. The highest BCUT2D eigenvalue weighted by atomic mass is 32.1. The van der Waals surface area contributed by atoms with Crippen molar-refractivity contribution >= 4 is 22.3 Å². The van der Waals surface area contributed by atoms with Gasteiger partial charge in [0.2, 0.25) is 0 Å². The number of imidazole rings is 1. The maximum atomic E-state index is 5.69. The van der Waals surface area contributed by atoms with Crippen LogP contribution in [0.4, 0.5) is 0 Å². The zero-order chi connectivity index (χ0) is 18.2. The van der Waals surface area contributed by atoms with Gasteiger partial charge in [-0.15, -0.1) is 11.3 Å². The number of hydrogen-bond acceptors (Lipinski definition) is 4. The topological polar surface area (TPSA) is 63.0 Å². The quantitative estimate of drug-likeness (QED) is 0.364. The number of aliphatic imine (C=N–C) groups is 1. The Morgan fingerprint density at radius 2 is 2.27 bits per heavy atom. The second kappa shape index (κ2) is 9.05. The molecule has 0 saturated heterocycles. The molecule has 2 heterocycles. The van der Waals surface area contributed by atoms with Gasteiger partial charge in [-0.2, -0.15) is 0 Å². The van der Waals surface area contributed by atoms with Gasteiger partial charge in [0.05, 0.1) is 18.8 Å². The minimum Gasteiger partial charge on any atom is -0.489 e. The van der Waals surface area contributed by atoms with Crippen LogP contribution in [-0.4, -0.2) is 28.5 Å². The normalized spacial score (nSPS) is 11.5. The van der Waals surface area contributed by atoms with Gasteiger partial charge < -0.3 is 15.4 Å². The van der Waals surface area contributed by atoms with Crippen LogP contribution < -0.4 is 15.4 Å². The van der Waals surface area contributed by atoms with Crippen LogP contribution in [0.1, 0.15) is 18.2 Å². The fraction of sp³-hybridized carbons (Fsp3) is 0.263. The van der Waals surface area contributed by atoms with Crippen molar-refractivity contribution in [1.82, 2.24) is 20.0 Å². The van der Waals surface area contributed by atoms with Crippen molar-refractivity contribution in [3.63, 3.8) is 0 Å². The summed E-state index contributed by atoms with van der Waals surface area (Å²) in [6, 6.07) is 7.92. The van der Waals surface area contributed by atoms with Crippen LogP contribution in [-0.2, 0) is 13.1 Å².